The van der Waals surface area contributed by atoms with Crippen molar-refractivity contribution >= 4 is 5.97 Å². The molecule has 0 saturated heterocycles. The highest BCUT2D eigenvalue weighted by Crippen LogP contribution is 2.16. The average Bonchev–Trinajstić information content (AvgIpc) is 2.34. The molecule has 0 aliphatic rings. The zero-order valence-electron chi connectivity index (χ0n) is 10.4. The van der Waals surface area contributed by atoms with Crippen molar-refractivity contribution < 1.29 is 19.0 Å². The summed E-state index contributed by atoms with van der Waals surface area (Å²) < 4.78 is 18.2. The van der Waals surface area contributed by atoms with Crippen molar-refractivity contribution in [3.63, 3.8) is 0 Å². The number of carboxylic acid groups (broad SMARTS) is 1. The molecule has 3 N–H and O–H groups in total. The van der Waals surface area contributed by atoms with Crippen LogP contribution >= 0.6 is 0 Å². The van der Waals surface area contributed by atoms with E-state index in [2.05, 4.69) is 0 Å². The Hall–Kier alpha value is -1.62. The third kappa shape index (κ3) is 4.00. The van der Waals surface area contributed by atoms with Gasteiger partial charge in [0.2, 0.25) is 0 Å². The molecule has 0 amide bonds. The molecule has 1 aromatic rings. The highest BCUT2D eigenvalue weighted by atomic mass is 19.1. The van der Waals surface area contributed by atoms with Gasteiger partial charge in [-0.25, -0.2) is 4.39 Å². The Balaban J connectivity index is 2.37. The van der Waals surface area contributed by atoms with Crippen molar-refractivity contribution in [1.82, 2.24) is 0 Å². The van der Waals surface area contributed by atoms with E-state index in [0.717, 1.165) is 0 Å². The number of carboxylic acids is 1. The normalized spacial score (nSPS) is 13.9. The second-order valence-corrected chi connectivity index (χ2v) is 4.22. The molecule has 100 valence electrons. The number of nitrogens with two attached hydrogens (primary N) is 1. The molecule has 1 rings (SSSR count). The first kappa shape index (κ1) is 14.4. The summed E-state index contributed by atoms with van der Waals surface area (Å²) in [4.78, 5) is 10.9. The van der Waals surface area contributed by atoms with Gasteiger partial charge >= 0.3 is 5.97 Å². The first-order valence-corrected chi connectivity index (χ1v) is 5.88. The summed E-state index contributed by atoms with van der Waals surface area (Å²) in [5, 5.41) is 8.97. The summed E-state index contributed by atoms with van der Waals surface area (Å²) in [6, 6.07) is 5.82. The molecular formula is C13H18FNO3. The summed E-state index contributed by atoms with van der Waals surface area (Å²) >= 11 is 0. The lowest BCUT2D eigenvalue weighted by molar-refractivity contribution is -0.143. The van der Waals surface area contributed by atoms with Gasteiger partial charge in [0.05, 0.1) is 6.61 Å². The van der Waals surface area contributed by atoms with Crippen molar-refractivity contribution in [2.45, 2.75) is 31.7 Å². The fourth-order valence-corrected chi connectivity index (χ4v) is 1.57. The smallest absolute Gasteiger partial charge is 0.323 e. The molecule has 1 aromatic carbocycles. The standard InChI is InChI=1S/C13H18FNO3/c1-2-13(15,12(16)17)7-4-8-18-11-6-3-5-10(14)9-11/h3,5-6,9H,2,4,7-8,15H2,1H3,(H,16,17). The molecule has 0 aromatic heterocycles. The molecule has 0 aliphatic heterocycles. The van der Waals surface area contributed by atoms with Crippen LogP contribution in [0.25, 0.3) is 0 Å². The summed E-state index contributed by atoms with van der Waals surface area (Å²) in [6.07, 6.45) is 1.20. The molecule has 4 nitrogen and oxygen atoms in total. The van der Waals surface area contributed by atoms with Gasteiger partial charge in [-0.2, -0.15) is 0 Å². The van der Waals surface area contributed by atoms with Crippen LogP contribution in [0.1, 0.15) is 26.2 Å². The van der Waals surface area contributed by atoms with Gasteiger partial charge in [-0.3, -0.25) is 4.79 Å². The molecule has 0 bridgehead atoms. The minimum absolute atomic E-state index is 0.315. The Morgan fingerprint density at radius 3 is 2.83 bits per heavy atom. The Bertz CT molecular complexity index is 411. The summed E-state index contributed by atoms with van der Waals surface area (Å²) in [7, 11) is 0. The number of benzene rings is 1. The second kappa shape index (κ2) is 6.35. The number of halogens is 1. The number of rotatable bonds is 7. The van der Waals surface area contributed by atoms with Crippen LogP contribution in [0.5, 0.6) is 5.75 Å². The Morgan fingerprint density at radius 1 is 1.56 bits per heavy atom. The highest BCUT2D eigenvalue weighted by molar-refractivity contribution is 5.78. The quantitative estimate of drug-likeness (QED) is 0.732. The lowest BCUT2D eigenvalue weighted by Gasteiger charge is -2.22. The van der Waals surface area contributed by atoms with E-state index in [0.29, 0.717) is 31.6 Å². The van der Waals surface area contributed by atoms with E-state index in [9.17, 15) is 9.18 Å². The number of carbonyl (C=O) groups is 1. The van der Waals surface area contributed by atoms with E-state index in [-0.39, 0.29) is 5.82 Å². The molecule has 5 heteroatoms. The predicted octanol–water partition coefficient (Wildman–Crippen LogP) is 2.18. The number of hydrogen-bond acceptors (Lipinski definition) is 3. The van der Waals surface area contributed by atoms with Crippen LogP contribution in [0.2, 0.25) is 0 Å². The van der Waals surface area contributed by atoms with E-state index in [1.165, 1.54) is 12.1 Å². The molecule has 0 fully saturated rings. The summed E-state index contributed by atoms with van der Waals surface area (Å²) in [6.45, 7) is 2.05. The molecule has 1 unspecified atom stereocenters. The minimum atomic E-state index is -1.20. The van der Waals surface area contributed by atoms with Gasteiger partial charge in [-0.15, -0.1) is 0 Å². The maximum Gasteiger partial charge on any atom is 0.323 e. The lowest BCUT2D eigenvalue weighted by Crippen LogP contribution is -2.47. The van der Waals surface area contributed by atoms with Crippen LogP contribution in [0.15, 0.2) is 24.3 Å². The molecule has 1 atom stereocenters. The molecule has 0 radical (unpaired) electrons. The van der Waals surface area contributed by atoms with Crippen molar-refractivity contribution in [3.8, 4) is 5.75 Å². The highest BCUT2D eigenvalue weighted by Gasteiger charge is 2.30. The first-order valence-electron chi connectivity index (χ1n) is 5.88. The van der Waals surface area contributed by atoms with Crippen LogP contribution in [0, 0.1) is 5.82 Å². The van der Waals surface area contributed by atoms with E-state index in [4.69, 9.17) is 15.6 Å². The number of aliphatic carboxylic acids is 1. The Labute approximate surface area is 106 Å². The topological polar surface area (TPSA) is 72.5 Å². The van der Waals surface area contributed by atoms with Gasteiger partial charge < -0.3 is 15.6 Å². The maximum absolute atomic E-state index is 12.8. The predicted molar refractivity (Wildman–Crippen MR) is 66.0 cm³/mol. The largest absolute Gasteiger partial charge is 0.493 e. The molecule has 18 heavy (non-hydrogen) atoms. The molecule has 0 saturated carbocycles. The number of ether oxygens (including phenoxy) is 1. The van der Waals surface area contributed by atoms with Crippen LogP contribution in [-0.2, 0) is 4.79 Å². The van der Waals surface area contributed by atoms with Gasteiger partial charge in [-0.05, 0) is 31.4 Å². The van der Waals surface area contributed by atoms with E-state index in [1.54, 1.807) is 19.1 Å². The molecule has 0 aliphatic carbocycles. The van der Waals surface area contributed by atoms with E-state index in [1.807, 2.05) is 0 Å². The minimum Gasteiger partial charge on any atom is -0.493 e. The third-order valence-corrected chi connectivity index (χ3v) is 2.89. The monoisotopic (exact) mass is 255 g/mol. The number of hydrogen-bond donors (Lipinski definition) is 2. The van der Waals surface area contributed by atoms with Crippen LogP contribution in [-0.4, -0.2) is 23.2 Å². The van der Waals surface area contributed by atoms with Gasteiger partial charge in [0.15, 0.2) is 0 Å². The summed E-state index contributed by atoms with van der Waals surface area (Å²) in [5.41, 5.74) is 4.53. The lowest BCUT2D eigenvalue weighted by atomic mass is 9.92. The zero-order chi connectivity index (χ0) is 13.6. The van der Waals surface area contributed by atoms with Crippen LogP contribution < -0.4 is 10.5 Å². The maximum atomic E-state index is 12.8. The van der Waals surface area contributed by atoms with Crippen molar-refractivity contribution in [2.24, 2.45) is 5.73 Å². The molecule has 0 spiro atoms. The fourth-order valence-electron chi connectivity index (χ4n) is 1.57. The van der Waals surface area contributed by atoms with Gasteiger partial charge in [0.1, 0.15) is 17.1 Å². The van der Waals surface area contributed by atoms with Crippen molar-refractivity contribution in [3.05, 3.63) is 30.1 Å². The SMILES string of the molecule is CCC(N)(CCCOc1cccc(F)c1)C(=O)O. The average molecular weight is 255 g/mol. The van der Waals surface area contributed by atoms with E-state index < -0.39 is 11.5 Å². The van der Waals surface area contributed by atoms with Crippen molar-refractivity contribution in [2.75, 3.05) is 6.61 Å². The molecular weight excluding hydrogens is 237 g/mol. The van der Waals surface area contributed by atoms with Gasteiger partial charge in [0, 0.05) is 6.07 Å². The Kier molecular flexibility index (Phi) is 5.09. The third-order valence-electron chi connectivity index (χ3n) is 2.89. The summed E-state index contributed by atoms with van der Waals surface area (Å²) in [5.74, 6) is -0.931. The van der Waals surface area contributed by atoms with Crippen molar-refractivity contribution in [1.29, 1.82) is 0 Å². The van der Waals surface area contributed by atoms with Gasteiger partial charge in [0.25, 0.3) is 0 Å². The zero-order valence-corrected chi connectivity index (χ0v) is 10.4. The van der Waals surface area contributed by atoms with E-state index >= 15 is 0 Å². The molecule has 0 heterocycles. The first-order chi connectivity index (χ1) is 8.48. The second-order valence-electron chi connectivity index (χ2n) is 4.22. The van der Waals surface area contributed by atoms with Crippen LogP contribution in [0.3, 0.4) is 0 Å². The van der Waals surface area contributed by atoms with Gasteiger partial charge in [-0.1, -0.05) is 13.0 Å². The van der Waals surface area contributed by atoms with Crippen LogP contribution in [0.4, 0.5) is 4.39 Å². The Morgan fingerprint density at radius 2 is 2.28 bits per heavy atom. The fraction of sp³-hybridized carbons (Fsp3) is 0.462.